The number of aromatic carboxylic acids is 1. The number of halogens is 1. The van der Waals surface area contributed by atoms with E-state index in [1.807, 2.05) is 24.3 Å². The minimum Gasteiger partial charge on any atom is -0.477 e. The van der Waals surface area contributed by atoms with E-state index >= 15 is 0 Å². The number of aromatic amines is 1. The van der Waals surface area contributed by atoms with Gasteiger partial charge in [-0.2, -0.15) is 0 Å². The van der Waals surface area contributed by atoms with Gasteiger partial charge in [0.15, 0.2) is 10.8 Å². The van der Waals surface area contributed by atoms with Crippen LogP contribution in [0.15, 0.2) is 30.3 Å². The highest BCUT2D eigenvalue weighted by Crippen LogP contribution is 2.29. The van der Waals surface area contributed by atoms with E-state index < -0.39 is 5.97 Å². The first-order chi connectivity index (χ1) is 8.16. The molecule has 0 aliphatic carbocycles. The molecular formula is C12H7ClN2O2. The Kier molecular flexibility index (Phi) is 2.06. The predicted octanol–water partition coefficient (Wildman–Crippen LogP) is 3.07. The first kappa shape index (κ1) is 10.1. The van der Waals surface area contributed by atoms with Gasteiger partial charge in [-0.15, -0.1) is 0 Å². The molecule has 2 aromatic heterocycles. The maximum Gasteiger partial charge on any atom is 0.354 e. The van der Waals surface area contributed by atoms with E-state index in [4.69, 9.17) is 16.7 Å². The van der Waals surface area contributed by atoms with Crippen LogP contribution in [0.2, 0.25) is 5.15 Å². The second kappa shape index (κ2) is 3.46. The number of carbonyl (C=O) groups is 1. The Morgan fingerprint density at radius 2 is 2.06 bits per heavy atom. The van der Waals surface area contributed by atoms with E-state index in [1.165, 1.54) is 6.07 Å². The Bertz CT molecular complexity index is 749. The van der Waals surface area contributed by atoms with Crippen molar-refractivity contribution in [2.24, 2.45) is 0 Å². The molecule has 0 spiro atoms. The van der Waals surface area contributed by atoms with Crippen LogP contribution in [-0.4, -0.2) is 21.0 Å². The molecule has 0 bridgehead atoms. The largest absolute Gasteiger partial charge is 0.477 e. The number of para-hydroxylation sites is 1. The molecule has 2 heterocycles. The van der Waals surface area contributed by atoms with Gasteiger partial charge in [0.25, 0.3) is 0 Å². The standard InChI is InChI=1S/C12H7ClN2O2/c13-11-10-7(5-9(15-11)12(16)17)6-3-1-2-4-8(6)14-10/h1-5,14H,(H,16,17). The Hall–Kier alpha value is -2.07. The van der Waals surface area contributed by atoms with Crippen LogP contribution >= 0.6 is 11.6 Å². The number of rotatable bonds is 1. The van der Waals surface area contributed by atoms with Crippen molar-refractivity contribution >= 4 is 39.4 Å². The van der Waals surface area contributed by atoms with Crippen molar-refractivity contribution < 1.29 is 9.90 Å². The monoisotopic (exact) mass is 246 g/mol. The molecule has 84 valence electrons. The van der Waals surface area contributed by atoms with Gasteiger partial charge in [0.2, 0.25) is 0 Å². The number of H-pyrrole nitrogens is 1. The van der Waals surface area contributed by atoms with Crippen molar-refractivity contribution in [3.05, 3.63) is 41.2 Å². The minimum absolute atomic E-state index is 0.0488. The molecule has 0 unspecified atom stereocenters. The van der Waals surface area contributed by atoms with Crippen LogP contribution in [0, 0.1) is 0 Å². The van der Waals surface area contributed by atoms with Crippen LogP contribution < -0.4 is 0 Å². The van der Waals surface area contributed by atoms with Gasteiger partial charge in [0.1, 0.15) is 0 Å². The molecule has 0 fully saturated rings. The first-order valence-electron chi connectivity index (χ1n) is 4.97. The molecule has 0 saturated heterocycles. The molecule has 4 nitrogen and oxygen atoms in total. The van der Waals surface area contributed by atoms with Gasteiger partial charge in [-0.05, 0) is 12.1 Å². The van der Waals surface area contributed by atoms with Crippen LogP contribution in [0.25, 0.3) is 21.8 Å². The molecule has 0 aliphatic heterocycles. The number of aromatic nitrogens is 2. The van der Waals surface area contributed by atoms with Crippen LogP contribution in [-0.2, 0) is 0 Å². The lowest BCUT2D eigenvalue weighted by Gasteiger charge is -1.97. The average molecular weight is 247 g/mol. The lowest BCUT2D eigenvalue weighted by atomic mass is 10.1. The lowest BCUT2D eigenvalue weighted by molar-refractivity contribution is 0.0691. The quantitative estimate of drug-likeness (QED) is 0.649. The van der Waals surface area contributed by atoms with Gasteiger partial charge >= 0.3 is 5.97 Å². The summed E-state index contributed by atoms with van der Waals surface area (Å²) in [6.07, 6.45) is 0. The summed E-state index contributed by atoms with van der Waals surface area (Å²) in [6, 6.07) is 9.14. The fraction of sp³-hybridized carbons (Fsp3) is 0. The van der Waals surface area contributed by atoms with Crippen molar-refractivity contribution in [1.82, 2.24) is 9.97 Å². The highest BCUT2D eigenvalue weighted by molar-refractivity contribution is 6.35. The molecular weight excluding hydrogens is 240 g/mol. The third-order valence-corrected chi connectivity index (χ3v) is 2.94. The van der Waals surface area contributed by atoms with Crippen molar-refractivity contribution in [1.29, 1.82) is 0 Å². The third-order valence-electron chi connectivity index (χ3n) is 2.67. The van der Waals surface area contributed by atoms with Crippen LogP contribution in [0.3, 0.4) is 0 Å². The van der Waals surface area contributed by atoms with Gasteiger partial charge in [0.05, 0.1) is 5.52 Å². The molecule has 2 N–H and O–H groups in total. The summed E-state index contributed by atoms with van der Waals surface area (Å²) < 4.78 is 0. The summed E-state index contributed by atoms with van der Waals surface area (Å²) in [5.41, 5.74) is 1.53. The molecule has 0 saturated carbocycles. The Balaban J connectivity index is 2.50. The Morgan fingerprint density at radius 1 is 1.29 bits per heavy atom. The van der Waals surface area contributed by atoms with Gasteiger partial charge < -0.3 is 10.1 Å². The second-order valence-electron chi connectivity index (χ2n) is 3.70. The van der Waals surface area contributed by atoms with Crippen molar-refractivity contribution in [2.75, 3.05) is 0 Å². The number of hydrogen-bond donors (Lipinski definition) is 2. The fourth-order valence-corrected chi connectivity index (χ4v) is 2.16. The topological polar surface area (TPSA) is 66.0 Å². The zero-order chi connectivity index (χ0) is 12.0. The van der Waals surface area contributed by atoms with E-state index in [-0.39, 0.29) is 10.8 Å². The zero-order valence-corrected chi connectivity index (χ0v) is 9.32. The van der Waals surface area contributed by atoms with E-state index in [9.17, 15) is 4.79 Å². The van der Waals surface area contributed by atoms with Crippen molar-refractivity contribution in [3.8, 4) is 0 Å². The number of hydrogen-bond acceptors (Lipinski definition) is 2. The maximum atomic E-state index is 10.9. The number of nitrogens with one attached hydrogen (secondary N) is 1. The highest BCUT2D eigenvalue weighted by Gasteiger charge is 2.13. The minimum atomic E-state index is -1.08. The SMILES string of the molecule is O=C(O)c1cc2c([nH]c3ccccc32)c(Cl)n1. The van der Waals surface area contributed by atoms with E-state index in [1.54, 1.807) is 0 Å². The fourth-order valence-electron chi connectivity index (χ4n) is 1.92. The zero-order valence-electron chi connectivity index (χ0n) is 8.57. The number of carboxylic acid groups (broad SMARTS) is 1. The normalized spacial score (nSPS) is 11.1. The molecule has 0 amide bonds. The molecule has 17 heavy (non-hydrogen) atoms. The molecule has 0 radical (unpaired) electrons. The Morgan fingerprint density at radius 3 is 2.82 bits per heavy atom. The van der Waals surface area contributed by atoms with Crippen molar-refractivity contribution in [3.63, 3.8) is 0 Å². The number of pyridine rings is 1. The summed E-state index contributed by atoms with van der Waals surface area (Å²) in [6.45, 7) is 0. The van der Waals surface area contributed by atoms with Gasteiger partial charge in [-0.25, -0.2) is 9.78 Å². The predicted molar refractivity (Wildman–Crippen MR) is 65.6 cm³/mol. The van der Waals surface area contributed by atoms with Crippen LogP contribution in [0.4, 0.5) is 0 Å². The summed E-state index contributed by atoms with van der Waals surface area (Å²) in [4.78, 5) is 17.9. The van der Waals surface area contributed by atoms with Crippen LogP contribution in [0.5, 0.6) is 0 Å². The molecule has 0 atom stereocenters. The summed E-state index contributed by atoms with van der Waals surface area (Å²) in [5.74, 6) is -1.08. The molecule has 1 aromatic carbocycles. The average Bonchev–Trinajstić information content (AvgIpc) is 2.68. The molecule has 3 rings (SSSR count). The summed E-state index contributed by atoms with van der Waals surface area (Å²) >= 11 is 5.97. The van der Waals surface area contributed by atoms with Gasteiger partial charge in [-0.1, -0.05) is 29.8 Å². The van der Waals surface area contributed by atoms with E-state index in [2.05, 4.69) is 9.97 Å². The van der Waals surface area contributed by atoms with E-state index in [0.29, 0.717) is 5.52 Å². The number of fused-ring (bicyclic) bond motifs is 3. The van der Waals surface area contributed by atoms with Gasteiger partial charge in [-0.3, -0.25) is 0 Å². The Labute approximate surface area is 101 Å². The summed E-state index contributed by atoms with van der Waals surface area (Å²) in [7, 11) is 0. The molecule has 5 heteroatoms. The van der Waals surface area contributed by atoms with Crippen molar-refractivity contribution in [2.45, 2.75) is 0 Å². The second-order valence-corrected chi connectivity index (χ2v) is 4.05. The number of benzene rings is 1. The first-order valence-corrected chi connectivity index (χ1v) is 5.35. The van der Waals surface area contributed by atoms with E-state index in [0.717, 1.165) is 16.3 Å². The maximum absolute atomic E-state index is 10.9. The third kappa shape index (κ3) is 1.45. The van der Waals surface area contributed by atoms with Gasteiger partial charge in [0, 0.05) is 16.3 Å². The summed E-state index contributed by atoms with van der Waals surface area (Å²) in [5, 5.41) is 10.8. The smallest absolute Gasteiger partial charge is 0.354 e. The van der Waals surface area contributed by atoms with Crippen LogP contribution in [0.1, 0.15) is 10.5 Å². The lowest BCUT2D eigenvalue weighted by Crippen LogP contribution is -1.99. The number of nitrogens with zero attached hydrogens (tertiary/aromatic N) is 1. The highest BCUT2D eigenvalue weighted by atomic mass is 35.5. The number of carboxylic acids is 1. The molecule has 0 aliphatic rings. The molecule has 3 aromatic rings.